The quantitative estimate of drug-likeness (QED) is 0.528. The summed E-state index contributed by atoms with van der Waals surface area (Å²) < 4.78 is 5.32. The van der Waals surface area contributed by atoms with Gasteiger partial charge in [0.15, 0.2) is 0 Å². The van der Waals surface area contributed by atoms with Crippen LogP contribution in [0.1, 0.15) is 17.5 Å². The lowest BCUT2D eigenvalue weighted by molar-refractivity contribution is 0.415. The van der Waals surface area contributed by atoms with E-state index in [4.69, 9.17) is 4.74 Å². The number of benzene rings is 3. The van der Waals surface area contributed by atoms with Crippen LogP contribution in [0.4, 0.5) is 5.69 Å². The molecule has 2 heteroatoms. The average molecular weight is 380 g/mol. The molecule has 3 aromatic carbocycles. The number of allylic oxidation sites excluding steroid dienone is 3. The van der Waals surface area contributed by atoms with Crippen LogP contribution in [0.2, 0.25) is 0 Å². The second kappa shape index (κ2) is 9.11. The summed E-state index contributed by atoms with van der Waals surface area (Å²) in [6.45, 7) is 0. The Hall–Kier alpha value is -3.52. The molecule has 1 aliphatic carbocycles. The Morgan fingerprint density at radius 2 is 1.52 bits per heavy atom. The summed E-state index contributed by atoms with van der Waals surface area (Å²) in [5.41, 5.74) is 5.97. The number of anilines is 1. The maximum Gasteiger partial charge on any atom is 0.118 e. The van der Waals surface area contributed by atoms with Gasteiger partial charge in [-0.15, -0.1) is 0 Å². The fraction of sp³-hybridized carbons (Fsp3) is 0.111. The van der Waals surface area contributed by atoms with Crippen molar-refractivity contribution in [2.24, 2.45) is 0 Å². The number of para-hydroxylation sites is 1. The molecule has 2 nitrogen and oxygen atoms in total. The van der Waals surface area contributed by atoms with Crippen molar-refractivity contribution in [2.45, 2.75) is 12.5 Å². The molecule has 0 saturated heterocycles. The van der Waals surface area contributed by atoms with Crippen molar-refractivity contribution in [3.63, 3.8) is 0 Å². The molecule has 0 amide bonds. The standard InChI is InChI=1S/C27H25NO/c1-29-26-18-14-23(15-19-26)27(22-8-4-2-5-9-22)20-21-12-16-25(17-13-21)28-24-10-6-3-7-11-24/h2-16,18-20,25,28H,17H2,1H3. The van der Waals surface area contributed by atoms with Crippen LogP contribution in [0.15, 0.2) is 115 Å². The molecule has 1 aliphatic rings. The molecule has 4 rings (SSSR count). The second-order valence-corrected chi connectivity index (χ2v) is 7.07. The number of rotatable bonds is 6. The van der Waals surface area contributed by atoms with Crippen LogP contribution >= 0.6 is 0 Å². The van der Waals surface area contributed by atoms with Gasteiger partial charge in [0.05, 0.1) is 7.11 Å². The molecule has 0 bridgehead atoms. The van der Waals surface area contributed by atoms with Crippen LogP contribution in [0.5, 0.6) is 5.75 Å². The van der Waals surface area contributed by atoms with Crippen molar-refractivity contribution in [3.05, 3.63) is 126 Å². The third kappa shape index (κ3) is 4.85. The van der Waals surface area contributed by atoms with Crippen molar-refractivity contribution in [1.29, 1.82) is 0 Å². The molecule has 0 fully saturated rings. The van der Waals surface area contributed by atoms with E-state index >= 15 is 0 Å². The SMILES string of the molecule is COc1ccc(C(=CC2=CCC(Nc3ccccc3)C=C2)c2ccccc2)cc1. The van der Waals surface area contributed by atoms with E-state index < -0.39 is 0 Å². The molecule has 1 atom stereocenters. The molecular weight excluding hydrogens is 354 g/mol. The van der Waals surface area contributed by atoms with Gasteiger partial charge in [-0.05, 0) is 59.0 Å². The maximum absolute atomic E-state index is 5.32. The number of hydrogen-bond acceptors (Lipinski definition) is 2. The van der Waals surface area contributed by atoms with E-state index in [1.165, 1.54) is 22.3 Å². The smallest absolute Gasteiger partial charge is 0.118 e. The number of methoxy groups -OCH3 is 1. The Kier molecular flexibility index (Phi) is 5.92. The Morgan fingerprint density at radius 3 is 2.14 bits per heavy atom. The Morgan fingerprint density at radius 1 is 0.862 bits per heavy atom. The Labute approximate surface area is 172 Å². The van der Waals surface area contributed by atoms with E-state index in [1.54, 1.807) is 7.11 Å². The zero-order valence-corrected chi connectivity index (χ0v) is 16.6. The van der Waals surface area contributed by atoms with Gasteiger partial charge < -0.3 is 10.1 Å². The molecule has 29 heavy (non-hydrogen) atoms. The lowest BCUT2D eigenvalue weighted by Crippen LogP contribution is -2.17. The van der Waals surface area contributed by atoms with Crippen molar-refractivity contribution >= 4 is 11.3 Å². The fourth-order valence-electron chi connectivity index (χ4n) is 3.49. The molecular formula is C27H25NO. The van der Waals surface area contributed by atoms with E-state index in [-0.39, 0.29) is 0 Å². The third-order valence-corrected chi connectivity index (χ3v) is 5.05. The molecule has 0 spiro atoms. The lowest BCUT2D eigenvalue weighted by atomic mass is 9.93. The first kappa shape index (κ1) is 18.8. The molecule has 0 aromatic heterocycles. The summed E-state index contributed by atoms with van der Waals surface area (Å²) >= 11 is 0. The van der Waals surface area contributed by atoms with Gasteiger partial charge in [-0.3, -0.25) is 0 Å². The highest BCUT2D eigenvalue weighted by atomic mass is 16.5. The zero-order valence-electron chi connectivity index (χ0n) is 16.6. The topological polar surface area (TPSA) is 21.3 Å². The van der Waals surface area contributed by atoms with E-state index in [0.29, 0.717) is 6.04 Å². The summed E-state index contributed by atoms with van der Waals surface area (Å²) in [5, 5.41) is 3.56. The van der Waals surface area contributed by atoms with Crippen LogP contribution < -0.4 is 10.1 Å². The maximum atomic E-state index is 5.32. The lowest BCUT2D eigenvalue weighted by Gasteiger charge is -2.19. The first-order chi connectivity index (χ1) is 14.3. The number of ether oxygens (including phenoxy) is 1. The van der Waals surface area contributed by atoms with Gasteiger partial charge in [0.1, 0.15) is 5.75 Å². The van der Waals surface area contributed by atoms with Gasteiger partial charge >= 0.3 is 0 Å². The minimum atomic E-state index is 0.315. The molecule has 1 N–H and O–H groups in total. The fourth-order valence-corrected chi connectivity index (χ4v) is 3.49. The van der Waals surface area contributed by atoms with E-state index in [9.17, 15) is 0 Å². The summed E-state index contributed by atoms with van der Waals surface area (Å²) in [4.78, 5) is 0. The summed E-state index contributed by atoms with van der Waals surface area (Å²) in [5.74, 6) is 0.868. The molecule has 144 valence electrons. The molecule has 3 aromatic rings. The second-order valence-electron chi connectivity index (χ2n) is 7.07. The Balaban J connectivity index is 1.57. The third-order valence-electron chi connectivity index (χ3n) is 5.05. The van der Waals surface area contributed by atoms with E-state index in [2.05, 4.69) is 96.4 Å². The minimum absolute atomic E-state index is 0.315. The summed E-state index contributed by atoms with van der Waals surface area (Å²) in [7, 11) is 1.69. The van der Waals surface area contributed by atoms with Crippen molar-refractivity contribution in [1.82, 2.24) is 0 Å². The number of hydrogen-bond donors (Lipinski definition) is 1. The van der Waals surface area contributed by atoms with Crippen LogP contribution in [-0.2, 0) is 0 Å². The molecule has 0 aliphatic heterocycles. The monoisotopic (exact) mass is 379 g/mol. The van der Waals surface area contributed by atoms with Gasteiger partial charge in [-0.25, -0.2) is 0 Å². The number of nitrogens with one attached hydrogen (secondary N) is 1. The average Bonchev–Trinajstić information content (AvgIpc) is 2.80. The van der Waals surface area contributed by atoms with Gasteiger partial charge in [0.2, 0.25) is 0 Å². The highest BCUT2D eigenvalue weighted by Gasteiger charge is 2.10. The Bertz CT molecular complexity index is 1020. The molecule has 0 heterocycles. The van der Waals surface area contributed by atoms with Crippen molar-refractivity contribution in [3.8, 4) is 5.75 Å². The van der Waals surface area contributed by atoms with E-state index in [0.717, 1.165) is 17.9 Å². The first-order valence-corrected chi connectivity index (χ1v) is 9.93. The molecule has 0 saturated carbocycles. The van der Waals surface area contributed by atoms with Crippen LogP contribution in [-0.4, -0.2) is 13.2 Å². The van der Waals surface area contributed by atoms with Crippen LogP contribution in [0.3, 0.4) is 0 Å². The van der Waals surface area contributed by atoms with Crippen LogP contribution in [0.25, 0.3) is 5.57 Å². The molecule has 0 radical (unpaired) electrons. The van der Waals surface area contributed by atoms with E-state index in [1.807, 2.05) is 18.2 Å². The highest BCUT2D eigenvalue weighted by Crippen LogP contribution is 2.28. The normalized spacial score (nSPS) is 16.2. The van der Waals surface area contributed by atoms with Gasteiger partial charge in [-0.2, -0.15) is 0 Å². The van der Waals surface area contributed by atoms with Gasteiger partial charge in [0, 0.05) is 11.7 Å². The van der Waals surface area contributed by atoms with Crippen molar-refractivity contribution < 1.29 is 4.74 Å². The molecule has 1 unspecified atom stereocenters. The van der Waals surface area contributed by atoms with Crippen LogP contribution in [0, 0.1) is 0 Å². The largest absolute Gasteiger partial charge is 0.497 e. The predicted molar refractivity (Wildman–Crippen MR) is 122 cm³/mol. The first-order valence-electron chi connectivity index (χ1n) is 9.93. The van der Waals surface area contributed by atoms with Gasteiger partial charge in [-0.1, -0.05) is 78.9 Å². The highest BCUT2D eigenvalue weighted by molar-refractivity contribution is 5.82. The summed E-state index contributed by atoms with van der Waals surface area (Å²) in [6, 6.07) is 29.4. The van der Waals surface area contributed by atoms with Gasteiger partial charge in [0.25, 0.3) is 0 Å². The zero-order chi connectivity index (χ0) is 19.9. The van der Waals surface area contributed by atoms with Crippen molar-refractivity contribution in [2.75, 3.05) is 12.4 Å². The predicted octanol–water partition coefficient (Wildman–Crippen LogP) is 6.49. The minimum Gasteiger partial charge on any atom is -0.497 e. The summed E-state index contributed by atoms with van der Waals surface area (Å²) in [6.07, 6.45) is 9.98.